The minimum Gasteiger partial charge on any atom is -0.368 e. The maximum atomic E-state index is 12.9. The van der Waals surface area contributed by atoms with E-state index in [0.29, 0.717) is 28.0 Å². The molecule has 2 aromatic carbocycles. The van der Waals surface area contributed by atoms with E-state index in [1.54, 1.807) is 12.3 Å². The van der Waals surface area contributed by atoms with Crippen molar-refractivity contribution in [2.45, 2.75) is 25.8 Å². The van der Waals surface area contributed by atoms with Crippen molar-refractivity contribution in [2.24, 2.45) is 0 Å². The minimum atomic E-state index is -0.205. The SMILES string of the molecule is CC1(C)CN(c2ccc(C(=O)Nc3n[nH]c4cc(Cc5c(Cl)ccnc5Cl)ccc34)cc2)CCN1. The van der Waals surface area contributed by atoms with Gasteiger partial charge in [-0.3, -0.25) is 9.89 Å². The van der Waals surface area contributed by atoms with Crippen LogP contribution in [0.2, 0.25) is 10.2 Å². The van der Waals surface area contributed by atoms with E-state index in [-0.39, 0.29) is 11.4 Å². The lowest BCUT2D eigenvalue weighted by molar-refractivity contribution is 0.102. The summed E-state index contributed by atoms with van der Waals surface area (Å²) in [6, 6.07) is 15.3. The first-order valence-corrected chi connectivity index (χ1v) is 12.2. The van der Waals surface area contributed by atoms with Gasteiger partial charge in [0.25, 0.3) is 5.91 Å². The fourth-order valence-electron chi connectivity index (χ4n) is 4.44. The average molecular weight is 509 g/mol. The van der Waals surface area contributed by atoms with E-state index in [4.69, 9.17) is 23.2 Å². The monoisotopic (exact) mass is 508 g/mol. The number of rotatable bonds is 5. The van der Waals surface area contributed by atoms with Crippen molar-refractivity contribution in [2.75, 3.05) is 29.9 Å². The Morgan fingerprint density at radius 3 is 2.69 bits per heavy atom. The van der Waals surface area contributed by atoms with Crippen LogP contribution >= 0.6 is 23.2 Å². The molecule has 180 valence electrons. The van der Waals surface area contributed by atoms with Gasteiger partial charge in [0.05, 0.1) is 5.52 Å². The molecule has 7 nitrogen and oxygen atoms in total. The number of nitrogens with zero attached hydrogens (tertiary/aromatic N) is 3. The van der Waals surface area contributed by atoms with Crippen molar-refractivity contribution >= 4 is 51.5 Å². The summed E-state index contributed by atoms with van der Waals surface area (Å²) in [5, 5.41) is 15.5. The predicted molar refractivity (Wildman–Crippen MR) is 142 cm³/mol. The molecule has 0 saturated carbocycles. The van der Waals surface area contributed by atoms with Gasteiger partial charge in [-0.2, -0.15) is 5.10 Å². The lowest BCUT2D eigenvalue weighted by Crippen LogP contribution is -2.57. The molecular weight excluding hydrogens is 483 g/mol. The number of benzene rings is 2. The molecule has 35 heavy (non-hydrogen) atoms. The van der Waals surface area contributed by atoms with Crippen molar-refractivity contribution in [3.05, 3.63) is 81.6 Å². The Balaban J connectivity index is 1.29. The van der Waals surface area contributed by atoms with Crippen LogP contribution < -0.4 is 15.5 Å². The molecule has 3 heterocycles. The molecule has 0 atom stereocenters. The number of aromatic amines is 1. The molecule has 0 unspecified atom stereocenters. The average Bonchev–Trinajstić information content (AvgIpc) is 3.23. The number of nitrogens with one attached hydrogen (secondary N) is 3. The highest BCUT2D eigenvalue weighted by Crippen LogP contribution is 2.28. The number of H-pyrrole nitrogens is 1. The van der Waals surface area contributed by atoms with Crippen LogP contribution in [-0.4, -0.2) is 46.3 Å². The first-order valence-electron chi connectivity index (χ1n) is 11.5. The lowest BCUT2D eigenvalue weighted by Gasteiger charge is -2.40. The number of carbonyl (C=O) groups is 1. The molecule has 1 fully saturated rings. The maximum Gasteiger partial charge on any atom is 0.256 e. The fraction of sp³-hybridized carbons (Fsp3) is 0.269. The summed E-state index contributed by atoms with van der Waals surface area (Å²) in [4.78, 5) is 19.4. The number of amides is 1. The number of carbonyl (C=O) groups excluding carboxylic acids is 1. The molecule has 9 heteroatoms. The van der Waals surface area contributed by atoms with Crippen LogP contribution in [-0.2, 0) is 6.42 Å². The van der Waals surface area contributed by atoms with Gasteiger partial charge in [0, 0.05) is 65.0 Å². The van der Waals surface area contributed by atoms with E-state index >= 15 is 0 Å². The summed E-state index contributed by atoms with van der Waals surface area (Å²) >= 11 is 12.5. The highest BCUT2D eigenvalue weighted by Gasteiger charge is 2.25. The first-order chi connectivity index (χ1) is 16.8. The van der Waals surface area contributed by atoms with Gasteiger partial charge in [0.2, 0.25) is 0 Å². The maximum absolute atomic E-state index is 12.9. The number of anilines is 2. The van der Waals surface area contributed by atoms with Gasteiger partial charge in [-0.15, -0.1) is 0 Å². The van der Waals surface area contributed by atoms with Crippen molar-refractivity contribution < 1.29 is 4.79 Å². The Kier molecular flexibility index (Phi) is 6.40. The van der Waals surface area contributed by atoms with E-state index in [1.165, 1.54) is 0 Å². The van der Waals surface area contributed by atoms with Crippen molar-refractivity contribution in [1.82, 2.24) is 20.5 Å². The van der Waals surface area contributed by atoms with E-state index in [2.05, 4.69) is 44.6 Å². The van der Waals surface area contributed by atoms with Crippen LogP contribution in [0.4, 0.5) is 11.5 Å². The summed E-state index contributed by atoms with van der Waals surface area (Å²) in [5.41, 5.74) is 4.34. The largest absolute Gasteiger partial charge is 0.368 e. The Morgan fingerprint density at radius 1 is 1.14 bits per heavy atom. The number of fused-ring (bicyclic) bond motifs is 1. The Hall–Kier alpha value is -3.13. The molecule has 1 aliphatic heterocycles. The van der Waals surface area contributed by atoms with Crippen LogP contribution in [0.15, 0.2) is 54.7 Å². The Morgan fingerprint density at radius 2 is 1.94 bits per heavy atom. The topological polar surface area (TPSA) is 85.9 Å². The zero-order valence-corrected chi connectivity index (χ0v) is 21.0. The third-order valence-corrected chi connectivity index (χ3v) is 6.93. The van der Waals surface area contributed by atoms with Gasteiger partial charge in [0.1, 0.15) is 5.15 Å². The van der Waals surface area contributed by atoms with Gasteiger partial charge in [-0.25, -0.2) is 4.98 Å². The van der Waals surface area contributed by atoms with E-state index in [0.717, 1.165) is 47.4 Å². The Labute approximate surface area is 213 Å². The summed E-state index contributed by atoms with van der Waals surface area (Å²) in [6.07, 6.45) is 2.12. The molecule has 2 aromatic heterocycles. The lowest BCUT2D eigenvalue weighted by atomic mass is 10.0. The van der Waals surface area contributed by atoms with Gasteiger partial charge in [-0.05, 0) is 61.9 Å². The van der Waals surface area contributed by atoms with Crippen LogP contribution in [0, 0.1) is 0 Å². The number of piperazine rings is 1. The summed E-state index contributed by atoms with van der Waals surface area (Å²) < 4.78 is 0. The van der Waals surface area contributed by atoms with Gasteiger partial charge < -0.3 is 15.5 Å². The number of pyridine rings is 1. The van der Waals surface area contributed by atoms with Crippen molar-refractivity contribution in [3.63, 3.8) is 0 Å². The summed E-state index contributed by atoms with van der Waals surface area (Å²) in [6.45, 7) is 7.18. The van der Waals surface area contributed by atoms with Crippen molar-refractivity contribution in [3.8, 4) is 0 Å². The quantitative estimate of drug-likeness (QED) is 0.318. The van der Waals surface area contributed by atoms with Crippen LogP contribution in [0.3, 0.4) is 0 Å². The third kappa shape index (κ3) is 5.12. The number of aromatic nitrogens is 3. The molecule has 0 aliphatic carbocycles. The molecular formula is C26H26Cl2N6O. The molecule has 1 amide bonds. The number of halogens is 2. The van der Waals surface area contributed by atoms with E-state index in [1.807, 2.05) is 42.5 Å². The standard InChI is InChI=1S/C26H26Cl2N6O/c1-26(2)15-34(12-11-30-26)18-6-4-17(5-7-18)25(35)31-24-19-8-3-16(14-22(19)32-33-24)13-20-21(27)9-10-29-23(20)28/h3-10,14,30H,11-13,15H2,1-2H3,(H2,31,32,33,35). The molecule has 4 aromatic rings. The third-order valence-electron chi connectivity index (χ3n) is 6.25. The predicted octanol–water partition coefficient (Wildman–Crippen LogP) is 5.30. The molecule has 1 saturated heterocycles. The highest BCUT2D eigenvalue weighted by atomic mass is 35.5. The molecule has 0 spiro atoms. The first kappa shape index (κ1) is 23.6. The zero-order valence-electron chi connectivity index (χ0n) is 19.5. The second-order valence-electron chi connectivity index (χ2n) is 9.42. The molecule has 1 aliphatic rings. The second kappa shape index (κ2) is 9.49. The molecule has 0 radical (unpaired) electrons. The van der Waals surface area contributed by atoms with Crippen LogP contribution in [0.1, 0.15) is 35.3 Å². The normalized spacial score (nSPS) is 15.4. The summed E-state index contributed by atoms with van der Waals surface area (Å²) in [5.74, 6) is 0.283. The van der Waals surface area contributed by atoms with Gasteiger partial charge in [-0.1, -0.05) is 29.3 Å². The molecule has 0 bridgehead atoms. The second-order valence-corrected chi connectivity index (χ2v) is 10.2. The highest BCUT2D eigenvalue weighted by molar-refractivity contribution is 6.35. The molecule has 5 rings (SSSR count). The summed E-state index contributed by atoms with van der Waals surface area (Å²) in [7, 11) is 0. The van der Waals surface area contributed by atoms with Crippen molar-refractivity contribution in [1.29, 1.82) is 0 Å². The van der Waals surface area contributed by atoms with Gasteiger partial charge in [0.15, 0.2) is 5.82 Å². The van der Waals surface area contributed by atoms with Gasteiger partial charge >= 0.3 is 0 Å². The minimum absolute atomic E-state index is 0.0612. The zero-order chi connectivity index (χ0) is 24.6. The smallest absolute Gasteiger partial charge is 0.256 e. The number of hydrogen-bond donors (Lipinski definition) is 3. The van der Waals surface area contributed by atoms with Crippen LogP contribution in [0.5, 0.6) is 0 Å². The molecule has 3 N–H and O–H groups in total. The van der Waals surface area contributed by atoms with Crippen LogP contribution in [0.25, 0.3) is 10.9 Å². The number of hydrogen-bond acceptors (Lipinski definition) is 5. The van der Waals surface area contributed by atoms with E-state index in [9.17, 15) is 4.79 Å². The Bertz CT molecular complexity index is 1360. The van der Waals surface area contributed by atoms with E-state index < -0.39 is 0 Å². The fourth-order valence-corrected chi connectivity index (χ4v) is 4.93.